The summed E-state index contributed by atoms with van der Waals surface area (Å²) in [4.78, 5) is 79.1. The summed E-state index contributed by atoms with van der Waals surface area (Å²) >= 11 is 0. The first-order valence-electron chi connectivity index (χ1n) is 15.4. The highest BCUT2D eigenvalue weighted by Gasteiger charge is 2.44. The van der Waals surface area contributed by atoms with Crippen LogP contribution in [0, 0.1) is 23.2 Å². The minimum absolute atomic E-state index is 0.0105. The van der Waals surface area contributed by atoms with Gasteiger partial charge in [-0.2, -0.15) is 0 Å². The molecular formula is C30H47N5O6. The van der Waals surface area contributed by atoms with Gasteiger partial charge in [0.1, 0.15) is 12.1 Å². The minimum atomic E-state index is -1.09. The number of ketones is 2. The fraction of sp³-hybridized carbons (Fsp3) is 0.800. The van der Waals surface area contributed by atoms with E-state index >= 15 is 0 Å². The third kappa shape index (κ3) is 8.07. The summed E-state index contributed by atoms with van der Waals surface area (Å²) in [5, 5.41) is 8.46. The average molecular weight is 574 g/mol. The second-order valence-electron chi connectivity index (χ2n) is 13.6. The van der Waals surface area contributed by atoms with Crippen LogP contribution in [0.1, 0.15) is 97.8 Å². The molecule has 3 saturated carbocycles. The highest BCUT2D eigenvalue weighted by molar-refractivity contribution is 6.37. The van der Waals surface area contributed by atoms with E-state index in [4.69, 9.17) is 5.73 Å². The zero-order chi connectivity index (χ0) is 29.9. The molecule has 0 spiro atoms. The topological polar surface area (TPSA) is 168 Å². The van der Waals surface area contributed by atoms with Crippen LogP contribution in [-0.4, -0.2) is 70.9 Å². The molecule has 4 fully saturated rings. The van der Waals surface area contributed by atoms with Gasteiger partial charge in [-0.05, 0) is 62.2 Å². The van der Waals surface area contributed by atoms with Gasteiger partial charge in [-0.25, -0.2) is 4.79 Å². The maximum atomic E-state index is 13.9. The third-order valence-corrected chi connectivity index (χ3v) is 9.06. The lowest BCUT2D eigenvalue weighted by atomic mass is 9.81. The first-order chi connectivity index (χ1) is 19.4. The maximum Gasteiger partial charge on any atom is 0.316 e. The summed E-state index contributed by atoms with van der Waals surface area (Å²) in [6.07, 6.45) is 9.93. The van der Waals surface area contributed by atoms with Crippen LogP contribution in [0.2, 0.25) is 0 Å². The summed E-state index contributed by atoms with van der Waals surface area (Å²) in [5.41, 5.74) is 4.54. The Bertz CT molecular complexity index is 1040. The van der Waals surface area contributed by atoms with Crippen molar-refractivity contribution in [2.75, 3.05) is 6.54 Å². The second-order valence-corrected chi connectivity index (χ2v) is 13.6. The summed E-state index contributed by atoms with van der Waals surface area (Å²) < 4.78 is 0. The van der Waals surface area contributed by atoms with Crippen molar-refractivity contribution >= 4 is 35.3 Å². The Morgan fingerprint density at radius 3 is 2.05 bits per heavy atom. The number of nitrogens with two attached hydrogens (primary N) is 1. The van der Waals surface area contributed by atoms with E-state index < -0.39 is 59.1 Å². The van der Waals surface area contributed by atoms with Crippen molar-refractivity contribution in [3.05, 3.63) is 0 Å². The average Bonchev–Trinajstić information content (AvgIpc) is 3.87. The van der Waals surface area contributed by atoms with Gasteiger partial charge >= 0.3 is 6.03 Å². The van der Waals surface area contributed by atoms with Gasteiger partial charge in [0, 0.05) is 12.5 Å². The van der Waals surface area contributed by atoms with Crippen LogP contribution in [0.3, 0.4) is 0 Å². The minimum Gasteiger partial charge on any atom is -0.363 e. The highest BCUT2D eigenvalue weighted by Crippen LogP contribution is 2.36. The fourth-order valence-electron chi connectivity index (χ4n) is 6.30. The van der Waals surface area contributed by atoms with Crippen molar-refractivity contribution in [3.8, 4) is 0 Å². The van der Waals surface area contributed by atoms with Crippen molar-refractivity contribution in [3.63, 3.8) is 0 Å². The summed E-state index contributed by atoms with van der Waals surface area (Å²) in [6.45, 7) is 5.85. The van der Waals surface area contributed by atoms with Gasteiger partial charge < -0.3 is 26.6 Å². The Hall–Kier alpha value is -2.98. The van der Waals surface area contributed by atoms with Crippen molar-refractivity contribution in [1.82, 2.24) is 20.9 Å². The zero-order valence-corrected chi connectivity index (χ0v) is 24.7. The maximum absolute atomic E-state index is 13.9. The largest absolute Gasteiger partial charge is 0.363 e. The van der Waals surface area contributed by atoms with Gasteiger partial charge in [0.2, 0.25) is 17.6 Å². The van der Waals surface area contributed by atoms with Crippen LogP contribution >= 0.6 is 0 Å². The number of carbonyl (C=O) groups is 6. The summed E-state index contributed by atoms with van der Waals surface area (Å²) in [5.74, 6) is -2.35. The van der Waals surface area contributed by atoms with Gasteiger partial charge in [-0.15, -0.1) is 0 Å². The molecule has 0 aromatic heterocycles. The molecule has 0 aromatic carbocycles. The van der Waals surface area contributed by atoms with Crippen LogP contribution in [-0.2, 0) is 24.0 Å². The van der Waals surface area contributed by atoms with E-state index in [1.165, 1.54) is 4.90 Å². The van der Waals surface area contributed by atoms with Gasteiger partial charge in [0.25, 0.3) is 5.91 Å². The second kappa shape index (κ2) is 12.9. The van der Waals surface area contributed by atoms with E-state index in [0.717, 1.165) is 57.8 Å². The molecular weight excluding hydrogens is 526 g/mol. The van der Waals surface area contributed by atoms with E-state index in [2.05, 4.69) is 16.0 Å². The Morgan fingerprint density at radius 1 is 0.829 bits per heavy atom. The molecule has 41 heavy (non-hydrogen) atoms. The van der Waals surface area contributed by atoms with E-state index in [-0.39, 0.29) is 23.5 Å². The molecule has 228 valence electrons. The number of amides is 5. The fourth-order valence-corrected chi connectivity index (χ4v) is 6.30. The molecule has 1 aliphatic heterocycles. The number of carbonyl (C=O) groups excluding carboxylic acids is 6. The Morgan fingerprint density at radius 2 is 1.49 bits per heavy atom. The monoisotopic (exact) mass is 573 g/mol. The summed E-state index contributed by atoms with van der Waals surface area (Å²) in [6, 6.07) is -3.90. The number of likely N-dealkylation sites (tertiary alicyclic amines) is 1. The quantitative estimate of drug-likeness (QED) is 0.260. The van der Waals surface area contributed by atoms with Crippen LogP contribution in [0.15, 0.2) is 0 Å². The number of primary amides is 1. The smallest absolute Gasteiger partial charge is 0.316 e. The molecule has 0 aromatic rings. The third-order valence-electron chi connectivity index (χ3n) is 9.06. The molecule has 4 unspecified atom stereocenters. The zero-order valence-electron chi connectivity index (χ0n) is 24.7. The molecule has 4 aliphatic rings. The molecule has 3 aliphatic carbocycles. The molecule has 11 nitrogen and oxygen atoms in total. The number of nitrogens with zero attached hydrogens (tertiary/aromatic N) is 1. The van der Waals surface area contributed by atoms with E-state index in [9.17, 15) is 28.8 Å². The molecule has 0 radical (unpaired) electrons. The number of nitrogens with one attached hydrogen (secondary N) is 3. The molecule has 1 heterocycles. The predicted octanol–water partition coefficient (Wildman–Crippen LogP) is 1.96. The van der Waals surface area contributed by atoms with Crippen molar-refractivity contribution < 1.29 is 28.8 Å². The Labute approximate surface area is 242 Å². The molecule has 0 bridgehead atoms. The molecule has 1 saturated heterocycles. The standard InChI is InChI=1S/C30H47N5O6/c1-30(2,3)25(34-29(41)33-22(23(36)19-13-14-19)18-8-5-4-6-9-18)28(40)35-15-7-10-21(35)27(39)32-20(16-17-11-12-17)24(37)26(31)38/h17-22,25H,4-16H2,1-3H3,(H2,31,38)(H,32,39)(H2,33,34,41). The van der Waals surface area contributed by atoms with Crippen molar-refractivity contribution in [2.45, 2.75) is 122 Å². The molecule has 5 N–H and O–H groups in total. The Kier molecular flexibility index (Phi) is 9.74. The molecule has 11 heteroatoms. The van der Waals surface area contributed by atoms with Gasteiger partial charge in [-0.1, -0.05) is 52.9 Å². The molecule has 4 rings (SSSR count). The first-order valence-corrected chi connectivity index (χ1v) is 15.4. The SMILES string of the molecule is CC(C)(C)C(NC(=O)NC(C(=O)C1CC1)C1CCCCC1)C(=O)N1CCCC1C(=O)NC(CC1CC1)C(=O)C(N)=O. The highest BCUT2D eigenvalue weighted by atomic mass is 16.2. The molecule has 4 atom stereocenters. The van der Waals surface area contributed by atoms with Gasteiger partial charge in [0.05, 0.1) is 12.1 Å². The number of hydrogen-bond acceptors (Lipinski definition) is 6. The lowest BCUT2D eigenvalue weighted by Crippen LogP contribution is -2.61. The van der Waals surface area contributed by atoms with Crippen LogP contribution in [0.4, 0.5) is 4.79 Å². The van der Waals surface area contributed by atoms with Crippen LogP contribution in [0.25, 0.3) is 0 Å². The predicted molar refractivity (Wildman–Crippen MR) is 151 cm³/mol. The lowest BCUT2D eigenvalue weighted by Gasteiger charge is -2.36. The Balaban J connectivity index is 1.44. The number of Topliss-reactive ketones (excluding diaryl/α,β-unsaturated/α-hetero) is 2. The summed E-state index contributed by atoms with van der Waals surface area (Å²) in [7, 11) is 0. The van der Waals surface area contributed by atoms with Gasteiger partial charge in [0.15, 0.2) is 5.78 Å². The van der Waals surface area contributed by atoms with E-state index in [1.807, 2.05) is 20.8 Å². The van der Waals surface area contributed by atoms with Crippen LogP contribution < -0.4 is 21.7 Å². The normalized spacial score (nSPS) is 23.7. The van der Waals surface area contributed by atoms with Crippen molar-refractivity contribution in [2.24, 2.45) is 28.9 Å². The number of hydrogen-bond donors (Lipinski definition) is 4. The van der Waals surface area contributed by atoms with Gasteiger partial charge in [-0.3, -0.25) is 24.0 Å². The molecule has 5 amide bonds. The number of urea groups is 1. The lowest BCUT2D eigenvalue weighted by molar-refractivity contribution is -0.143. The van der Waals surface area contributed by atoms with Crippen LogP contribution in [0.5, 0.6) is 0 Å². The van der Waals surface area contributed by atoms with Crippen molar-refractivity contribution in [1.29, 1.82) is 0 Å². The number of rotatable bonds is 12. The van der Waals surface area contributed by atoms with E-state index in [0.29, 0.717) is 25.8 Å². The van der Waals surface area contributed by atoms with E-state index in [1.54, 1.807) is 0 Å². The first kappa shape index (κ1) is 31.0.